The maximum absolute atomic E-state index is 11.8. The second kappa shape index (κ2) is 6.32. The summed E-state index contributed by atoms with van der Waals surface area (Å²) in [6.45, 7) is 4.34. The summed E-state index contributed by atoms with van der Waals surface area (Å²) in [5.74, 6) is 0.621. The van der Waals surface area contributed by atoms with Crippen molar-refractivity contribution in [2.75, 3.05) is 38.0 Å². The Bertz CT molecular complexity index is 347. The summed E-state index contributed by atoms with van der Waals surface area (Å²) in [5, 5.41) is 6.11. The lowest BCUT2D eigenvalue weighted by molar-refractivity contribution is -0.117. The Hall–Kier alpha value is -1.46. The maximum atomic E-state index is 11.8. The summed E-state index contributed by atoms with van der Waals surface area (Å²) >= 11 is 0. The fourth-order valence-electron chi connectivity index (χ4n) is 1.88. The van der Waals surface area contributed by atoms with Crippen molar-refractivity contribution in [3.8, 4) is 0 Å². The molecule has 0 aromatic carbocycles. The molecule has 0 aliphatic carbocycles. The van der Waals surface area contributed by atoms with E-state index in [0.717, 1.165) is 32.6 Å². The Balaban J connectivity index is 1.80. The molecule has 5 nitrogen and oxygen atoms in total. The number of carbonyl (C=O) groups is 1. The molecule has 1 aromatic heterocycles. The van der Waals surface area contributed by atoms with Crippen molar-refractivity contribution >= 4 is 11.7 Å². The highest BCUT2D eigenvalue weighted by molar-refractivity contribution is 5.91. The standard InChI is InChI=1S/C12H18N4O/c17-12(15-11-4-1-2-6-14-11)10-16-8-3-5-13-7-9-16/h1-2,4,6,13H,3,5,7-10H2,(H,14,15,17). The molecule has 1 aliphatic heterocycles. The first-order chi connectivity index (χ1) is 8.34. The third-order valence-corrected chi connectivity index (χ3v) is 2.73. The molecule has 1 aromatic rings. The van der Waals surface area contributed by atoms with Gasteiger partial charge in [0.15, 0.2) is 0 Å². The second-order valence-electron chi connectivity index (χ2n) is 4.14. The van der Waals surface area contributed by atoms with Crippen molar-refractivity contribution < 1.29 is 4.79 Å². The van der Waals surface area contributed by atoms with E-state index in [9.17, 15) is 4.79 Å². The minimum atomic E-state index is 0.00519. The summed E-state index contributed by atoms with van der Waals surface area (Å²) in [4.78, 5) is 18.0. The maximum Gasteiger partial charge on any atom is 0.239 e. The number of amides is 1. The number of hydrogen-bond donors (Lipinski definition) is 2. The summed E-state index contributed by atoms with van der Waals surface area (Å²) in [7, 11) is 0. The average molecular weight is 234 g/mol. The molecular weight excluding hydrogens is 216 g/mol. The highest BCUT2D eigenvalue weighted by Gasteiger charge is 2.12. The van der Waals surface area contributed by atoms with Crippen LogP contribution in [-0.2, 0) is 4.79 Å². The van der Waals surface area contributed by atoms with Crippen LogP contribution in [0.4, 0.5) is 5.82 Å². The lowest BCUT2D eigenvalue weighted by Crippen LogP contribution is -2.35. The number of carbonyl (C=O) groups excluding carboxylic acids is 1. The number of anilines is 1. The van der Waals surface area contributed by atoms with Crippen molar-refractivity contribution in [3.05, 3.63) is 24.4 Å². The highest BCUT2D eigenvalue weighted by atomic mass is 16.2. The zero-order valence-corrected chi connectivity index (χ0v) is 9.85. The van der Waals surface area contributed by atoms with Crippen molar-refractivity contribution in [2.45, 2.75) is 6.42 Å². The molecule has 1 fully saturated rings. The van der Waals surface area contributed by atoms with Gasteiger partial charge in [0.1, 0.15) is 5.82 Å². The molecule has 0 spiro atoms. The number of hydrogen-bond acceptors (Lipinski definition) is 4. The van der Waals surface area contributed by atoms with E-state index >= 15 is 0 Å². The van der Waals surface area contributed by atoms with Gasteiger partial charge in [-0.15, -0.1) is 0 Å². The van der Waals surface area contributed by atoms with Gasteiger partial charge in [-0.1, -0.05) is 6.07 Å². The van der Waals surface area contributed by atoms with Crippen LogP contribution in [0.5, 0.6) is 0 Å². The largest absolute Gasteiger partial charge is 0.315 e. The molecule has 2 rings (SSSR count). The number of rotatable bonds is 3. The molecule has 0 atom stereocenters. The molecule has 2 heterocycles. The minimum Gasteiger partial charge on any atom is -0.315 e. The van der Waals surface area contributed by atoms with E-state index in [2.05, 4.69) is 20.5 Å². The monoisotopic (exact) mass is 234 g/mol. The third kappa shape index (κ3) is 4.13. The Kier molecular flexibility index (Phi) is 4.46. The van der Waals surface area contributed by atoms with Crippen molar-refractivity contribution in [1.29, 1.82) is 0 Å². The van der Waals surface area contributed by atoms with Crippen LogP contribution in [0.15, 0.2) is 24.4 Å². The lowest BCUT2D eigenvalue weighted by atomic mass is 10.4. The van der Waals surface area contributed by atoms with Crippen molar-refractivity contribution in [2.24, 2.45) is 0 Å². The van der Waals surface area contributed by atoms with Gasteiger partial charge in [-0.3, -0.25) is 9.69 Å². The molecule has 5 heteroatoms. The van der Waals surface area contributed by atoms with Gasteiger partial charge in [0.05, 0.1) is 6.54 Å². The van der Waals surface area contributed by atoms with Crippen molar-refractivity contribution in [3.63, 3.8) is 0 Å². The third-order valence-electron chi connectivity index (χ3n) is 2.73. The lowest BCUT2D eigenvalue weighted by Gasteiger charge is -2.18. The Morgan fingerprint density at radius 2 is 2.35 bits per heavy atom. The first-order valence-electron chi connectivity index (χ1n) is 5.98. The fourth-order valence-corrected chi connectivity index (χ4v) is 1.88. The van der Waals surface area contributed by atoms with Crippen LogP contribution in [0.1, 0.15) is 6.42 Å². The fraction of sp³-hybridized carbons (Fsp3) is 0.500. The zero-order valence-electron chi connectivity index (χ0n) is 9.85. The molecule has 1 amide bonds. The molecular formula is C12H18N4O. The van der Waals surface area contributed by atoms with Crippen LogP contribution in [0.3, 0.4) is 0 Å². The van der Waals surface area contributed by atoms with Gasteiger partial charge in [0.2, 0.25) is 5.91 Å². The Morgan fingerprint density at radius 3 is 3.18 bits per heavy atom. The quantitative estimate of drug-likeness (QED) is 0.790. The van der Waals surface area contributed by atoms with Crippen LogP contribution in [0.2, 0.25) is 0 Å². The summed E-state index contributed by atoms with van der Waals surface area (Å²) < 4.78 is 0. The SMILES string of the molecule is O=C(CN1CCCNCC1)Nc1ccccn1. The predicted octanol–water partition coefficient (Wildman–Crippen LogP) is 0.315. The first kappa shape index (κ1) is 12.0. The molecule has 2 N–H and O–H groups in total. The van der Waals surface area contributed by atoms with Crippen molar-refractivity contribution in [1.82, 2.24) is 15.2 Å². The van der Waals surface area contributed by atoms with E-state index < -0.39 is 0 Å². The first-order valence-corrected chi connectivity index (χ1v) is 5.98. The van der Waals surface area contributed by atoms with Crippen LogP contribution >= 0.6 is 0 Å². The number of nitrogens with zero attached hydrogens (tertiary/aromatic N) is 2. The van der Waals surface area contributed by atoms with E-state index in [-0.39, 0.29) is 5.91 Å². The molecule has 1 aliphatic rings. The predicted molar refractivity (Wildman–Crippen MR) is 66.8 cm³/mol. The van der Waals surface area contributed by atoms with Gasteiger partial charge in [0.25, 0.3) is 0 Å². The minimum absolute atomic E-state index is 0.00519. The Labute approximate surface area is 101 Å². The number of nitrogens with one attached hydrogen (secondary N) is 2. The summed E-state index contributed by atoms with van der Waals surface area (Å²) in [6, 6.07) is 5.48. The molecule has 0 saturated carbocycles. The smallest absolute Gasteiger partial charge is 0.239 e. The van der Waals surface area contributed by atoms with Gasteiger partial charge in [-0.25, -0.2) is 4.98 Å². The average Bonchev–Trinajstić information content (AvgIpc) is 2.59. The van der Waals surface area contributed by atoms with Gasteiger partial charge in [-0.2, -0.15) is 0 Å². The zero-order chi connectivity index (χ0) is 11.9. The molecule has 0 bridgehead atoms. The highest BCUT2D eigenvalue weighted by Crippen LogP contribution is 2.01. The van der Waals surface area contributed by atoms with Gasteiger partial charge in [0, 0.05) is 19.3 Å². The number of pyridine rings is 1. The van der Waals surface area contributed by atoms with Gasteiger partial charge in [-0.05, 0) is 31.6 Å². The summed E-state index contributed by atoms with van der Waals surface area (Å²) in [6.07, 6.45) is 2.77. The Morgan fingerprint density at radius 1 is 1.41 bits per heavy atom. The topological polar surface area (TPSA) is 57.3 Å². The van der Waals surface area contributed by atoms with Crippen LogP contribution in [-0.4, -0.2) is 48.5 Å². The van der Waals surface area contributed by atoms with Crippen LogP contribution in [0.25, 0.3) is 0 Å². The van der Waals surface area contributed by atoms with Crippen LogP contribution < -0.4 is 10.6 Å². The second-order valence-corrected chi connectivity index (χ2v) is 4.14. The molecule has 17 heavy (non-hydrogen) atoms. The van der Waals surface area contributed by atoms with E-state index in [1.807, 2.05) is 12.1 Å². The number of aromatic nitrogens is 1. The van der Waals surface area contributed by atoms with Gasteiger partial charge >= 0.3 is 0 Å². The molecule has 0 radical (unpaired) electrons. The van der Waals surface area contributed by atoms with E-state index in [4.69, 9.17) is 0 Å². The van der Waals surface area contributed by atoms with Gasteiger partial charge < -0.3 is 10.6 Å². The van der Waals surface area contributed by atoms with E-state index in [1.165, 1.54) is 0 Å². The van der Waals surface area contributed by atoms with E-state index in [1.54, 1.807) is 12.3 Å². The summed E-state index contributed by atoms with van der Waals surface area (Å²) in [5.41, 5.74) is 0. The van der Waals surface area contributed by atoms with Crippen LogP contribution in [0, 0.1) is 0 Å². The molecule has 92 valence electrons. The van der Waals surface area contributed by atoms with E-state index in [0.29, 0.717) is 12.4 Å². The molecule has 0 unspecified atom stereocenters. The normalized spacial score (nSPS) is 17.4. The molecule has 1 saturated heterocycles.